The SMILES string of the molecule is CC(C)(O)Cn1cc(Nc2nc(Cl)nc3c2[S@](=O)CC3)cn1. The molecule has 1 aliphatic heterocycles. The van der Waals surface area contributed by atoms with E-state index in [9.17, 15) is 9.32 Å². The van der Waals surface area contributed by atoms with Gasteiger partial charge >= 0.3 is 0 Å². The van der Waals surface area contributed by atoms with Gasteiger partial charge in [-0.2, -0.15) is 10.1 Å². The summed E-state index contributed by atoms with van der Waals surface area (Å²) in [5, 5.41) is 17.2. The molecule has 1 atom stereocenters. The number of hydrogen-bond donors (Lipinski definition) is 2. The van der Waals surface area contributed by atoms with Crippen LogP contribution in [0.5, 0.6) is 0 Å². The topological polar surface area (TPSA) is 92.9 Å². The van der Waals surface area contributed by atoms with Gasteiger partial charge in [0.25, 0.3) is 0 Å². The van der Waals surface area contributed by atoms with E-state index in [-0.39, 0.29) is 5.28 Å². The molecule has 118 valence electrons. The molecule has 9 heteroatoms. The fourth-order valence-corrected chi connectivity index (χ4v) is 3.79. The Morgan fingerprint density at radius 3 is 3.00 bits per heavy atom. The second kappa shape index (κ2) is 5.60. The maximum Gasteiger partial charge on any atom is 0.224 e. The van der Waals surface area contributed by atoms with Crippen molar-refractivity contribution in [1.82, 2.24) is 19.7 Å². The summed E-state index contributed by atoms with van der Waals surface area (Å²) in [4.78, 5) is 8.88. The smallest absolute Gasteiger partial charge is 0.224 e. The number of hydrogen-bond acceptors (Lipinski definition) is 6. The predicted molar refractivity (Wildman–Crippen MR) is 83.8 cm³/mol. The van der Waals surface area contributed by atoms with Crippen LogP contribution in [0.1, 0.15) is 19.5 Å². The van der Waals surface area contributed by atoms with Crippen molar-refractivity contribution >= 4 is 33.9 Å². The molecule has 0 aromatic carbocycles. The number of aryl methyl sites for hydroxylation is 1. The standard InChI is InChI=1S/C13H16ClN5O2S/c1-13(2,20)7-19-6-8(5-15-19)16-11-10-9(3-4-22(10)21)17-12(14)18-11/h5-6,20H,3-4,7H2,1-2H3,(H,16,17,18)/t22-/m1/s1. The third kappa shape index (κ3) is 3.29. The van der Waals surface area contributed by atoms with Gasteiger partial charge in [-0.3, -0.25) is 8.89 Å². The molecule has 22 heavy (non-hydrogen) atoms. The van der Waals surface area contributed by atoms with Crippen molar-refractivity contribution in [2.45, 2.75) is 37.3 Å². The van der Waals surface area contributed by atoms with Gasteiger partial charge in [0.2, 0.25) is 5.28 Å². The van der Waals surface area contributed by atoms with Crippen LogP contribution in [0, 0.1) is 0 Å². The van der Waals surface area contributed by atoms with E-state index < -0.39 is 16.4 Å². The second-order valence-electron chi connectivity index (χ2n) is 5.78. The Kier molecular flexibility index (Phi) is 3.92. The minimum absolute atomic E-state index is 0.129. The molecule has 0 radical (unpaired) electrons. The van der Waals surface area contributed by atoms with Crippen LogP contribution < -0.4 is 5.32 Å². The summed E-state index contributed by atoms with van der Waals surface area (Å²) in [6.45, 7) is 3.78. The zero-order valence-electron chi connectivity index (χ0n) is 12.2. The summed E-state index contributed by atoms with van der Waals surface area (Å²) < 4.78 is 13.7. The molecule has 2 N–H and O–H groups in total. The Morgan fingerprint density at radius 1 is 1.50 bits per heavy atom. The Bertz CT molecular complexity index is 741. The first-order chi connectivity index (χ1) is 10.3. The van der Waals surface area contributed by atoms with Crippen LogP contribution in [-0.2, 0) is 23.8 Å². The van der Waals surface area contributed by atoms with Gasteiger partial charge in [0.15, 0.2) is 5.82 Å². The Labute approximate surface area is 135 Å². The van der Waals surface area contributed by atoms with E-state index in [1.54, 1.807) is 30.9 Å². The zero-order valence-corrected chi connectivity index (χ0v) is 13.8. The van der Waals surface area contributed by atoms with Crippen molar-refractivity contribution < 1.29 is 9.32 Å². The van der Waals surface area contributed by atoms with Crippen LogP contribution in [0.4, 0.5) is 11.5 Å². The minimum Gasteiger partial charge on any atom is -0.389 e. The van der Waals surface area contributed by atoms with E-state index in [0.29, 0.717) is 35.1 Å². The first-order valence-corrected chi connectivity index (χ1v) is 8.48. The molecule has 0 unspecified atom stereocenters. The Morgan fingerprint density at radius 2 is 2.27 bits per heavy atom. The third-order valence-electron chi connectivity index (χ3n) is 3.11. The quantitative estimate of drug-likeness (QED) is 0.819. The molecule has 1 aliphatic rings. The molecule has 0 fully saturated rings. The van der Waals surface area contributed by atoms with Gasteiger partial charge in [-0.05, 0) is 25.4 Å². The highest BCUT2D eigenvalue weighted by atomic mass is 35.5. The maximum atomic E-state index is 12.1. The monoisotopic (exact) mass is 341 g/mol. The van der Waals surface area contributed by atoms with Gasteiger partial charge < -0.3 is 10.4 Å². The summed E-state index contributed by atoms with van der Waals surface area (Å²) in [7, 11) is -1.11. The normalized spacial score (nSPS) is 17.5. The summed E-state index contributed by atoms with van der Waals surface area (Å²) in [6.07, 6.45) is 4.00. The van der Waals surface area contributed by atoms with Crippen molar-refractivity contribution in [2.24, 2.45) is 0 Å². The number of halogens is 1. The molecule has 0 saturated carbocycles. The molecule has 0 bridgehead atoms. The van der Waals surface area contributed by atoms with Gasteiger partial charge in [0.05, 0.1) is 40.5 Å². The molecule has 0 aliphatic carbocycles. The number of nitrogens with zero attached hydrogens (tertiary/aromatic N) is 4. The van der Waals surface area contributed by atoms with Gasteiger partial charge in [0, 0.05) is 18.4 Å². The highest BCUT2D eigenvalue weighted by Gasteiger charge is 2.26. The molecule has 0 saturated heterocycles. The van der Waals surface area contributed by atoms with E-state index in [2.05, 4.69) is 20.4 Å². The molecule has 2 aromatic heterocycles. The van der Waals surface area contributed by atoms with Crippen LogP contribution in [0.15, 0.2) is 17.3 Å². The van der Waals surface area contributed by atoms with Crippen LogP contribution in [-0.4, -0.2) is 40.4 Å². The van der Waals surface area contributed by atoms with E-state index in [1.165, 1.54) is 0 Å². The summed E-state index contributed by atoms with van der Waals surface area (Å²) in [6, 6.07) is 0. The average Bonchev–Trinajstić information content (AvgIpc) is 2.95. The van der Waals surface area contributed by atoms with E-state index in [4.69, 9.17) is 11.6 Å². The molecule has 0 spiro atoms. The van der Waals surface area contributed by atoms with Crippen molar-refractivity contribution in [2.75, 3.05) is 11.1 Å². The summed E-state index contributed by atoms with van der Waals surface area (Å²) >= 11 is 5.92. The van der Waals surface area contributed by atoms with E-state index >= 15 is 0 Å². The zero-order chi connectivity index (χ0) is 15.9. The maximum absolute atomic E-state index is 12.1. The molecule has 7 nitrogen and oxygen atoms in total. The molecule has 2 aromatic rings. The van der Waals surface area contributed by atoms with Crippen LogP contribution >= 0.6 is 11.6 Å². The largest absolute Gasteiger partial charge is 0.389 e. The van der Waals surface area contributed by atoms with Crippen molar-refractivity contribution in [3.05, 3.63) is 23.4 Å². The van der Waals surface area contributed by atoms with Crippen LogP contribution in [0.3, 0.4) is 0 Å². The van der Waals surface area contributed by atoms with Gasteiger partial charge in [-0.1, -0.05) is 0 Å². The number of aliphatic hydroxyl groups is 1. The first kappa shape index (κ1) is 15.4. The third-order valence-corrected chi connectivity index (χ3v) is 4.73. The molecular weight excluding hydrogens is 326 g/mol. The first-order valence-electron chi connectivity index (χ1n) is 6.78. The van der Waals surface area contributed by atoms with Crippen molar-refractivity contribution in [3.63, 3.8) is 0 Å². The number of fused-ring (bicyclic) bond motifs is 1. The number of aromatic nitrogens is 4. The lowest BCUT2D eigenvalue weighted by Crippen LogP contribution is -2.26. The highest BCUT2D eigenvalue weighted by Crippen LogP contribution is 2.30. The number of anilines is 2. The lowest BCUT2D eigenvalue weighted by Gasteiger charge is -2.16. The van der Waals surface area contributed by atoms with Crippen molar-refractivity contribution in [1.29, 1.82) is 0 Å². The highest BCUT2D eigenvalue weighted by molar-refractivity contribution is 7.85. The lowest BCUT2D eigenvalue weighted by atomic mass is 10.1. The second-order valence-corrected chi connectivity index (χ2v) is 7.63. The van der Waals surface area contributed by atoms with E-state index in [1.807, 2.05) is 0 Å². The minimum atomic E-state index is -1.11. The summed E-state index contributed by atoms with van der Waals surface area (Å²) in [5.41, 5.74) is 0.555. The fraction of sp³-hybridized carbons (Fsp3) is 0.462. The van der Waals surface area contributed by atoms with Gasteiger partial charge in [-0.15, -0.1) is 0 Å². The number of rotatable bonds is 4. The predicted octanol–water partition coefficient (Wildman–Crippen LogP) is 1.50. The summed E-state index contributed by atoms with van der Waals surface area (Å²) in [5.74, 6) is 0.991. The molecule has 0 amide bonds. The molecule has 3 rings (SSSR count). The number of nitrogens with one attached hydrogen (secondary N) is 1. The van der Waals surface area contributed by atoms with E-state index in [0.717, 1.165) is 5.69 Å². The molecular formula is C13H16ClN5O2S. The van der Waals surface area contributed by atoms with Gasteiger partial charge in [0.1, 0.15) is 4.90 Å². The van der Waals surface area contributed by atoms with Crippen LogP contribution in [0.2, 0.25) is 5.28 Å². The lowest BCUT2D eigenvalue weighted by molar-refractivity contribution is 0.0578. The van der Waals surface area contributed by atoms with Crippen molar-refractivity contribution in [3.8, 4) is 0 Å². The fourth-order valence-electron chi connectivity index (χ4n) is 2.30. The molecule has 3 heterocycles. The average molecular weight is 342 g/mol. The Hall–Kier alpha value is -1.51. The Balaban J connectivity index is 1.87. The van der Waals surface area contributed by atoms with Crippen LogP contribution in [0.25, 0.3) is 0 Å². The van der Waals surface area contributed by atoms with Gasteiger partial charge in [-0.25, -0.2) is 4.98 Å².